The molecule has 0 aliphatic rings. The van der Waals surface area contributed by atoms with Crippen molar-refractivity contribution in [2.24, 2.45) is 0 Å². The highest BCUT2D eigenvalue weighted by atomic mass is 32.1. The minimum absolute atomic E-state index is 0.0448. The molecule has 0 spiro atoms. The summed E-state index contributed by atoms with van der Waals surface area (Å²) in [5.41, 5.74) is 2.35. The number of H-pyrrole nitrogens is 1. The number of benzene rings is 1. The highest BCUT2D eigenvalue weighted by Crippen LogP contribution is 2.16. The van der Waals surface area contributed by atoms with Crippen LogP contribution in [0.3, 0.4) is 0 Å². The zero-order chi connectivity index (χ0) is 16.7. The molecule has 0 aliphatic heterocycles. The van der Waals surface area contributed by atoms with Crippen molar-refractivity contribution in [3.63, 3.8) is 0 Å². The number of ether oxygens (including phenoxy) is 1. The first-order valence-electron chi connectivity index (χ1n) is 7.33. The minimum Gasteiger partial charge on any atom is -0.455 e. The molecule has 0 fully saturated rings. The molecule has 0 saturated heterocycles. The van der Waals surface area contributed by atoms with Crippen LogP contribution in [0.25, 0.3) is 15.9 Å². The number of fused-ring (bicyclic) bond motifs is 2. The molecule has 1 N–H and O–H groups in total. The van der Waals surface area contributed by atoms with Gasteiger partial charge in [0.15, 0.2) is 4.96 Å². The molecule has 0 atom stereocenters. The number of aryl methyl sites for hydroxylation is 1. The fraction of sp³-hybridized carbons (Fsp3) is 0.118. The molecule has 1 aromatic carbocycles. The summed E-state index contributed by atoms with van der Waals surface area (Å²) in [5.74, 6) is -0.476. The highest BCUT2D eigenvalue weighted by Gasteiger charge is 2.12. The van der Waals surface area contributed by atoms with E-state index in [4.69, 9.17) is 4.74 Å². The van der Waals surface area contributed by atoms with E-state index < -0.39 is 5.97 Å². The second kappa shape index (κ2) is 5.61. The Labute approximate surface area is 140 Å². The standard InChI is InChI=1S/C17H13N3O3S/c1-10-9-24-17-18-12(7-15(21)20(10)17)8-23-16(22)14-6-11-4-2-3-5-13(11)19-14/h2-7,9,19H,8H2,1H3. The highest BCUT2D eigenvalue weighted by molar-refractivity contribution is 7.15. The van der Waals surface area contributed by atoms with Gasteiger partial charge in [0.2, 0.25) is 0 Å². The van der Waals surface area contributed by atoms with Crippen LogP contribution in [0.4, 0.5) is 0 Å². The van der Waals surface area contributed by atoms with Gasteiger partial charge < -0.3 is 9.72 Å². The van der Waals surface area contributed by atoms with Gasteiger partial charge in [-0.15, -0.1) is 11.3 Å². The van der Waals surface area contributed by atoms with E-state index in [2.05, 4.69) is 9.97 Å². The lowest BCUT2D eigenvalue weighted by molar-refractivity contribution is 0.0462. The number of carbonyl (C=O) groups is 1. The van der Waals surface area contributed by atoms with E-state index in [1.807, 2.05) is 36.6 Å². The van der Waals surface area contributed by atoms with Crippen LogP contribution in [0.2, 0.25) is 0 Å². The molecule has 24 heavy (non-hydrogen) atoms. The van der Waals surface area contributed by atoms with Gasteiger partial charge in [-0.25, -0.2) is 9.78 Å². The van der Waals surface area contributed by atoms with Crippen LogP contribution in [0.15, 0.2) is 46.6 Å². The Hall–Kier alpha value is -2.93. The number of nitrogens with one attached hydrogen (secondary N) is 1. The van der Waals surface area contributed by atoms with E-state index in [1.165, 1.54) is 21.8 Å². The van der Waals surface area contributed by atoms with Gasteiger partial charge in [-0.3, -0.25) is 9.20 Å². The molecule has 4 aromatic rings. The molecular formula is C17H13N3O3S. The molecule has 0 bridgehead atoms. The number of aromatic amines is 1. The first-order chi connectivity index (χ1) is 11.6. The van der Waals surface area contributed by atoms with E-state index in [0.29, 0.717) is 16.3 Å². The average molecular weight is 339 g/mol. The lowest BCUT2D eigenvalue weighted by Gasteiger charge is -2.03. The number of thiazole rings is 1. The van der Waals surface area contributed by atoms with Gasteiger partial charge in [0.05, 0.1) is 5.69 Å². The fourth-order valence-electron chi connectivity index (χ4n) is 2.58. The van der Waals surface area contributed by atoms with E-state index in [-0.39, 0.29) is 12.2 Å². The molecule has 0 amide bonds. The van der Waals surface area contributed by atoms with Gasteiger partial charge >= 0.3 is 5.97 Å². The van der Waals surface area contributed by atoms with E-state index in [1.54, 1.807) is 6.07 Å². The molecular weight excluding hydrogens is 326 g/mol. The Balaban J connectivity index is 1.56. The predicted octanol–water partition coefficient (Wildman–Crippen LogP) is 2.90. The van der Waals surface area contributed by atoms with Crippen molar-refractivity contribution >= 4 is 33.2 Å². The van der Waals surface area contributed by atoms with Crippen LogP contribution < -0.4 is 5.56 Å². The Morgan fingerprint density at radius 1 is 1.33 bits per heavy atom. The number of carbonyl (C=O) groups excluding carboxylic acids is 1. The summed E-state index contributed by atoms with van der Waals surface area (Å²) >= 11 is 1.38. The number of para-hydroxylation sites is 1. The average Bonchev–Trinajstić information content (AvgIpc) is 3.16. The third-order valence-corrected chi connectivity index (χ3v) is 4.67. The van der Waals surface area contributed by atoms with Gasteiger partial charge in [0, 0.05) is 28.0 Å². The summed E-state index contributed by atoms with van der Waals surface area (Å²) in [6.07, 6.45) is 0. The SMILES string of the molecule is Cc1csc2nc(COC(=O)c3cc4ccccc4[nH]3)cc(=O)n12. The molecule has 3 heterocycles. The van der Waals surface area contributed by atoms with Gasteiger partial charge in [0.25, 0.3) is 5.56 Å². The second-order valence-electron chi connectivity index (χ2n) is 5.43. The van der Waals surface area contributed by atoms with Crippen molar-refractivity contribution in [2.75, 3.05) is 0 Å². The van der Waals surface area contributed by atoms with Crippen LogP contribution in [0, 0.1) is 6.92 Å². The smallest absolute Gasteiger partial charge is 0.355 e. The molecule has 7 heteroatoms. The van der Waals surface area contributed by atoms with Crippen LogP contribution in [-0.4, -0.2) is 20.3 Å². The minimum atomic E-state index is -0.476. The third-order valence-electron chi connectivity index (χ3n) is 3.73. The second-order valence-corrected chi connectivity index (χ2v) is 6.26. The van der Waals surface area contributed by atoms with Gasteiger partial charge in [-0.05, 0) is 19.1 Å². The zero-order valence-corrected chi connectivity index (χ0v) is 13.6. The van der Waals surface area contributed by atoms with Gasteiger partial charge in [-0.1, -0.05) is 18.2 Å². The lowest BCUT2D eigenvalue weighted by atomic mass is 10.2. The Kier molecular flexibility index (Phi) is 3.42. The number of aromatic nitrogens is 3. The summed E-state index contributed by atoms with van der Waals surface area (Å²) in [6.45, 7) is 1.80. The number of esters is 1. The van der Waals surface area contributed by atoms with Crippen molar-refractivity contribution in [1.29, 1.82) is 0 Å². The summed E-state index contributed by atoms with van der Waals surface area (Å²) in [5, 5.41) is 2.81. The molecule has 6 nitrogen and oxygen atoms in total. The van der Waals surface area contributed by atoms with Crippen LogP contribution in [-0.2, 0) is 11.3 Å². The Morgan fingerprint density at radius 3 is 3.00 bits per heavy atom. The Morgan fingerprint density at radius 2 is 2.17 bits per heavy atom. The number of rotatable bonds is 3. The first-order valence-corrected chi connectivity index (χ1v) is 8.21. The number of hydrogen-bond donors (Lipinski definition) is 1. The van der Waals surface area contributed by atoms with Crippen molar-refractivity contribution in [1.82, 2.24) is 14.4 Å². The summed E-state index contributed by atoms with van der Waals surface area (Å²) in [4.78, 5) is 32.2. The van der Waals surface area contributed by atoms with E-state index in [0.717, 1.165) is 16.6 Å². The van der Waals surface area contributed by atoms with Crippen LogP contribution in [0.1, 0.15) is 21.9 Å². The third kappa shape index (κ3) is 2.48. The van der Waals surface area contributed by atoms with Gasteiger partial charge in [-0.2, -0.15) is 0 Å². The molecule has 0 radical (unpaired) electrons. The van der Waals surface area contributed by atoms with Crippen molar-refractivity contribution in [2.45, 2.75) is 13.5 Å². The van der Waals surface area contributed by atoms with Crippen molar-refractivity contribution < 1.29 is 9.53 Å². The first kappa shape index (κ1) is 14.6. The maximum atomic E-state index is 12.2. The molecule has 0 aliphatic carbocycles. The van der Waals surface area contributed by atoms with Crippen LogP contribution >= 0.6 is 11.3 Å². The monoisotopic (exact) mass is 339 g/mol. The summed E-state index contributed by atoms with van der Waals surface area (Å²) in [6, 6.07) is 10.7. The summed E-state index contributed by atoms with van der Waals surface area (Å²) < 4.78 is 6.81. The molecule has 0 saturated carbocycles. The van der Waals surface area contributed by atoms with Gasteiger partial charge in [0.1, 0.15) is 12.3 Å². The van der Waals surface area contributed by atoms with Crippen molar-refractivity contribution in [3.8, 4) is 0 Å². The fourth-order valence-corrected chi connectivity index (χ4v) is 3.47. The summed E-state index contributed by atoms with van der Waals surface area (Å²) in [7, 11) is 0. The maximum absolute atomic E-state index is 12.2. The topological polar surface area (TPSA) is 76.5 Å². The quantitative estimate of drug-likeness (QED) is 0.582. The molecule has 4 rings (SSSR count). The molecule has 120 valence electrons. The van der Waals surface area contributed by atoms with E-state index >= 15 is 0 Å². The molecule has 0 unspecified atom stereocenters. The molecule has 3 aromatic heterocycles. The van der Waals surface area contributed by atoms with Crippen LogP contribution in [0.5, 0.6) is 0 Å². The Bertz CT molecular complexity index is 1090. The predicted molar refractivity (Wildman–Crippen MR) is 91.5 cm³/mol. The lowest BCUT2D eigenvalue weighted by Crippen LogP contribution is -2.16. The normalized spacial score (nSPS) is 11.2. The number of hydrogen-bond acceptors (Lipinski definition) is 5. The number of nitrogens with zero attached hydrogens (tertiary/aromatic N) is 2. The maximum Gasteiger partial charge on any atom is 0.355 e. The zero-order valence-electron chi connectivity index (χ0n) is 12.8. The van der Waals surface area contributed by atoms with E-state index in [9.17, 15) is 9.59 Å². The van der Waals surface area contributed by atoms with Crippen molar-refractivity contribution in [3.05, 3.63) is 69.2 Å². The largest absolute Gasteiger partial charge is 0.455 e.